The van der Waals surface area contributed by atoms with Gasteiger partial charge in [0.15, 0.2) is 0 Å². The Bertz CT molecular complexity index is 256. The van der Waals surface area contributed by atoms with Crippen molar-refractivity contribution < 1.29 is 9.59 Å². The van der Waals surface area contributed by atoms with Gasteiger partial charge in [-0.15, -0.1) is 6.58 Å². The Morgan fingerprint density at radius 2 is 1.32 bits per heavy atom. The van der Waals surface area contributed by atoms with Crippen molar-refractivity contribution in [3.05, 3.63) is 12.7 Å². The van der Waals surface area contributed by atoms with E-state index in [9.17, 15) is 9.59 Å². The van der Waals surface area contributed by atoms with Gasteiger partial charge < -0.3 is 0 Å². The lowest BCUT2D eigenvalue weighted by Gasteiger charge is -2.02. The summed E-state index contributed by atoms with van der Waals surface area (Å²) in [5.41, 5.74) is 0. The quantitative estimate of drug-likeness (QED) is 0.327. The molecule has 0 saturated heterocycles. The zero-order valence-corrected chi connectivity index (χ0v) is 12.6. The Morgan fingerprint density at radius 3 is 1.89 bits per heavy atom. The van der Waals surface area contributed by atoms with E-state index in [2.05, 4.69) is 13.5 Å². The summed E-state index contributed by atoms with van der Waals surface area (Å²) in [6, 6.07) is 0. The number of ketones is 2. The van der Waals surface area contributed by atoms with Crippen molar-refractivity contribution in [2.45, 2.75) is 84.0 Å². The molecule has 0 rings (SSSR count). The molecule has 0 spiro atoms. The summed E-state index contributed by atoms with van der Waals surface area (Å²) >= 11 is 0. The third kappa shape index (κ3) is 13.3. The van der Waals surface area contributed by atoms with E-state index in [0.29, 0.717) is 25.7 Å². The van der Waals surface area contributed by atoms with E-state index in [4.69, 9.17) is 0 Å². The second kappa shape index (κ2) is 13.5. The molecule has 0 radical (unpaired) electrons. The molecule has 2 heteroatoms. The first-order valence-electron chi connectivity index (χ1n) is 7.85. The van der Waals surface area contributed by atoms with E-state index in [-0.39, 0.29) is 11.6 Å². The number of carbonyl (C=O) groups excluding carboxylic acids is 2. The minimum absolute atomic E-state index is 0.188. The number of carbonyl (C=O) groups is 2. The largest absolute Gasteiger partial charge is 0.300 e. The highest BCUT2D eigenvalue weighted by Crippen LogP contribution is 2.10. The van der Waals surface area contributed by atoms with Gasteiger partial charge in [-0.2, -0.15) is 0 Å². The number of Topliss-reactive ketones (excluding diaryl/α,β-unsaturated/α-hetero) is 2. The number of unbranched alkanes of at least 4 members (excludes halogenated alkanes) is 6. The smallest absolute Gasteiger partial charge is 0.133 e. The first kappa shape index (κ1) is 18.1. The van der Waals surface area contributed by atoms with Crippen molar-refractivity contribution in [3.63, 3.8) is 0 Å². The highest BCUT2D eigenvalue weighted by molar-refractivity contribution is 5.85. The SMILES string of the molecule is C=CCCC(=O)CCC(=O)CCCCCCCCC. The molecule has 0 aromatic rings. The Balaban J connectivity index is 3.34. The van der Waals surface area contributed by atoms with Crippen molar-refractivity contribution in [3.8, 4) is 0 Å². The van der Waals surface area contributed by atoms with E-state index in [1.54, 1.807) is 6.08 Å². The van der Waals surface area contributed by atoms with Crippen molar-refractivity contribution in [2.24, 2.45) is 0 Å². The molecule has 0 aromatic heterocycles. The molecule has 0 aromatic carbocycles. The molecular formula is C17H30O2. The van der Waals surface area contributed by atoms with Crippen molar-refractivity contribution in [1.29, 1.82) is 0 Å². The minimum atomic E-state index is 0.188. The molecule has 19 heavy (non-hydrogen) atoms. The Kier molecular flexibility index (Phi) is 12.9. The summed E-state index contributed by atoms with van der Waals surface area (Å²) in [6.07, 6.45) is 13.1. The fraction of sp³-hybridized carbons (Fsp3) is 0.765. The van der Waals surface area contributed by atoms with Gasteiger partial charge >= 0.3 is 0 Å². The lowest BCUT2D eigenvalue weighted by atomic mass is 10.0. The van der Waals surface area contributed by atoms with E-state index < -0.39 is 0 Å². The predicted octanol–water partition coefficient (Wildman–Crippen LogP) is 5.01. The summed E-state index contributed by atoms with van der Waals surface area (Å²) in [5.74, 6) is 0.438. The van der Waals surface area contributed by atoms with Gasteiger partial charge in [-0.1, -0.05) is 51.5 Å². The molecule has 0 heterocycles. The van der Waals surface area contributed by atoms with Gasteiger partial charge in [0.05, 0.1) is 0 Å². The van der Waals surface area contributed by atoms with Gasteiger partial charge in [0.25, 0.3) is 0 Å². The zero-order chi connectivity index (χ0) is 14.3. The van der Waals surface area contributed by atoms with Crippen molar-refractivity contribution >= 4 is 11.6 Å². The summed E-state index contributed by atoms with van der Waals surface area (Å²) in [4.78, 5) is 23.0. The van der Waals surface area contributed by atoms with Gasteiger partial charge in [0.1, 0.15) is 11.6 Å². The molecule has 0 fully saturated rings. The van der Waals surface area contributed by atoms with Crippen LogP contribution in [0.15, 0.2) is 12.7 Å². The molecule has 0 unspecified atom stereocenters. The molecule has 0 bridgehead atoms. The van der Waals surface area contributed by atoms with Crippen LogP contribution < -0.4 is 0 Å². The summed E-state index contributed by atoms with van der Waals surface area (Å²) in [6.45, 7) is 5.80. The zero-order valence-electron chi connectivity index (χ0n) is 12.6. The maximum absolute atomic E-state index is 11.6. The van der Waals surface area contributed by atoms with Gasteiger partial charge in [0, 0.05) is 25.7 Å². The van der Waals surface area contributed by atoms with Crippen LogP contribution in [0.4, 0.5) is 0 Å². The van der Waals surface area contributed by atoms with Crippen LogP contribution in [0.5, 0.6) is 0 Å². The van der Waals surface area contributed by atoms with Crippen LogP contribution >= 0.6 is 0 Å². The van der Waals surface area contributed by atoms with Gasteiger partial charge in [-0.25, -0.2) is 0 Å². The van der Waals surface area contributed by atoms with E-state index >= 15 is 0 Å². The fourth-order valence-corrected chi connectivity index (χ4v) is 2.07. The molecule has 0 N–H and O–H groups in total. The maximum atomic E-state index is 11.6. The normalized spacial score (nSPS) is 10.4. The minimum Gasteiger partial charge on any atom is -0.300 e. The van der Waals surface area contributed by atoms with Crippen LogP contribution in [0.1, 0.15) is 84.0 Å². The average Bonchev–Trinajstić information content (AvgIpc) is 2.41. The number of hydrogen-bond donors (Lipinski definition) is 0. The molecule has 0 amide bonds. The predicted molar refractivity (Wildman–Crippen MR) is 81.3 cm³/mol. The first-order valence-corrected chi connectivity index (χ1v) is 7.85. The standard InChI is InChI=1S/C17H30O2/c1-3-5-7-8-9-10-11-13-17(19)15-14-16(18)12-6-4-2/h4H,2-3,5-15H2,1H3. The highest BCUT2D eigenvalue weighted by Gasteiger charge is 2.06. The third-order valence-corrected chi connectivity index (χ3v) is 3.37. The second-order valence-corrected chi connectivity index (χ2v) is 5.28. The molecular weight excluding hydrogens is 236 g/mol. The maximum Gasteiger partial charge on any atom is 0.133 e. The highest BCUT2D eigenvalue weighted by atomic mass is 16.1. The fourth-order valence-electron chi connectivity index (χ4n) is 2.07. The Hall–Kier alpha value is -0.920. The van der Waals surface area contributed by atoms with Crippen molar-refractivity contribution in [2.75, 3.05) is 0 Å². The Labute approximate surface area is 118 Å². The van der Waals surface area contributed by atoms with Crippen LogP contribution in [0.3, 0.4) is 0 Å². The lowest BCUT2D eigenvalue weighted by Crippen LogP contribution is -2.03. The topological polar surface area (TPSA) is 34.1 Å². The summed E-state index contributed by atoms with van der Waals surface area (Å²) in [5, 5.41) is 0. The first-order chi connectivity index (χ1) is 9.20. The third-order valence-electron chi connectivity index (χ3n) is 3.37. The van der Waals surface area contributed by atoms with Gasteiger partial charge in [-0.05, 0) is 12.8 Å². The number of hydrogen-bond acceptors (Lipinski definition) is 2. The summed E-state index contributed by atoms with van der Waals surface area (Å²) in [7, 11) is 0. The van der Waals surface area contributed by atoms with Crippen LogP contribution in [-0.2, 0) is 9.59 Å². The molecule has 0 aliphatic carbocycles. The molecule has 110 valence electrons. The molecule has 0 aliphatic rings. The van der Waals surface area contributed by atoms with Crippen LogP contribution in [0, 0.1) is 0 Å². The molecule has 2 nitrogen and oxygen atoms in total. The van der Waals surface area contributed by atoms with Crippen molar-refractivity contribution in [1.82, 2.24) is 0 Å². The van der Waals surface area contributed by atoms with Gasteiger partial charge in [0.2, 0.25) is 0 Å². The number of allylic oxidation sites excluding steroid dienone is 1. The van der Waals surface area contributed by atoms with Crippen LogP contribution in [0.2, 0.25) is 0 Å². The van der Waals surface area contributed by atoms with Gasteiger partial charge in [-0.3, -0.25) is 9.59 Å². The monoisotopic (exact) mass is 266 g/mol. The lowest BCUT2D eigenvalue weighted by molar-refractivity contribution is -0.124. The molecule has 0 saturated carbocycles. The average molecular weight is 266 g/mol. The summed E-state index contributed by atoms with van der Waals surface area (Å²) < 4.78 is 0. The van der Waals surface area contributed by atoms with Crippen LogP contribution in [-0.4, -0.2) is 11.6 Å². The van der Waals surface area contributed by atoms with Crippen LogP contribution in [0.25, 0.3) is 0 Å². The van der Waals surface area contributed by atoms with E-state index in [1.165, 1.54) is 32.1 Å². The molecule has 0 atom stereocenters. The van der Waals surface area contributed by atoms with E-state index in [0.717, 1.165) is 19.3 Å². The van der Waals surface area contributed by atoms with E-state index in [1.807, 2.05) is 0 Å². The second-order valence-electron chi connectivity index (χ2n) is 5.28. The molecule has 0 aliphatic heterocycles. The number of rotatable bonds is 14. The Morgan fingerprint density at radius 1 is 0.789 bits per heavy atom.